The number of benzene rings is 1. The van der Waals surface area contributed by atoms with Crippen molar-refractivity contribution in [3.63, 3.8) is 0 Å². The lowest BCUT2D eigenvalue weighted by Crippen LogP contribution is -2.25. The van der Waals surface area contributed by atoms with E-state index in [4.69, 9.17) is 0 Å². The summed E-state index contributed by atoms with van der Waals surface area (Å²) in [4.78, 5) is 13.7. The van der Waals surface area contributed by atoms with Gasteiger partial charge in [0.1, 0.15) is 0 Å². The highest BCUT2D eigenvalue weighted by Crippen LogP contribution is 2.15. The normalized spacial score (nSPS) is 10.7. The Balaban J connectivity index is 2.02. The Morgan fingerprint density at radius 1 is 1.32 bits per heavy atom. The van der Waals surface area contributed by atoms with Gasteiger partial charge in [0.05, 0.1) is 11.8 Å². The van der Waals surface area contributed by atoms with Crippen LogP contribution < -0.4 is 0 Å². The zero-order chi connectivity index (χ0) is 13.8. The third-order valence-corrected chi connectivity index (χ3v) is 3.16. The molecule has 0 atom stereocenters. The maximum Gasteiger partial charge on any atom is 0.257 e. The third kappa shape index (κ3) is 3.22. The number of nitrogens with zero attached hydrogens (tertiary/aromatic N) is 2. The summed E-state index contributed by atoms with van der Waals surface area (Å²) in [5.41, 5.74) is 3.03. The van der Waals surface area contributed by atoms with Crippen LogP contribution in [0.25, 0.3) is 0 Å². The summed E-state index contributed by atoms with van der Waals surface area (Å²) in [7, 11) is 1.80. The molecule has 100 valence electrons. The number of nitrogens with one attached hydrogen (secondary N) is 1. The van der Waals surface area contributed by atoms with Gasteiger partial charge in [-0.1, -0.05) is 38.1 Å². The standard InChI is InChI=1S/C15H19N3O/c1-11(2)13-6-4-12(5-7-13)10-18(3)15(19)14-8-16-17-9-14/h4-9,11H,10H2,1-3H3,(H,16,17). The van der Waals surface area contributed by atoms with E-state index in [1.807, 2.05) is 0 Å². The van der Waals surface area contributed by atoms with Crippen LogP contribution in [0.5, 0.6) is 0 Å². The van der Waals surface area contributed by atoms with Gasteiger partial charge in [0.2, 0.25) is 0 Å². The molecule has 2 rings (SSSR count). The van der Waals surface area contributed by atoms with Gasteiger partial charge in [0.25, 0.3) is 5.91 Å². The molecule has 0 aliphatic heterocycles. The molecule has 2 aromatic rings. The monoisotopic (exact) mass is 257 g/mol. The molecule has 0 bridgehead atoms. The predicted octanol–water partition coefficient (Wildman–Crippen LogP) is 2.81. The SMILES string of the molecule is CC(C)c1ccc(CN(C)C(=O)c2cn[nH]c2)cc1. The average molecular weight is 257 g/mol. The fourth-order valence-electron chi connectivity index (χ4n) is 1.94. The van der Waals surface area contributed by atoms with Crippen LogP contribution in [0.15, 0.2) is 36.7 Å². The van der Waals surface area contributed by atoms with Crippen molar-refractivity contribution in [2.45, 2.75) is 26.3 Å². The molecule has 0 aliphatic carbocycles. The number of hydrogen-bond acceptors (Lipinski definition) is 2. The highest BCUT2D eigenvalue weighted by atomic mass is 16.2. The second-order valence-corrected chi connectivity index (χ2v) is 5.04. The van der Waals surface area contributed by atoms with Crippen LogP contribution >= 0.6 is 0 Å². The molecule has 4 heteroatoms. The Kier molecular flexibility index (Phi) is 4.00. The van der Waals surface area contributed by atoms with Crippen LogP contribution in [0, 0.1) is 0 Å². The highest BCUT2D eigenvalue weighted by molar-refractivity contribution is 5.93. The lowest BCUT2D eigenvalue weighted by Gasteiger charge is -2.16. The lowest BCUT2D eigenvalue weighted by atomic mass is 10.0. The fraction of sp³-hybridized carbons (Fsp3) is 0.333. The van der Waals surface area contributed by atoms with Crippen LogP contribution in [0.1, 0.15) is 41.3 Å². The maximum absolute atomic E-state index is 12.1. The smallest absolute Gasteiger partial charge is 0.257 e. The molecule has 0 saturated heterocycles. The summed E-state index contributed by atoms with van der Waals surface area (Å²) in [6.07, 6.45) is 3.15. The van der Waals surface area contributed by atoms with Gasteiger partial charge in [-0.05, 0) is 17.0 Å². The molecular weight excluding hydrogens is 238 g/mol. The molecule has 4 nitrogen and oxygen atoms in total. The molecular formula is C15H19N3O. The average Bonchev–Trinajstić information content (AvgIpc) is 2.92. The molecule has 1 aromatic heterocycles. The summed E-state index contributed by atoms with van der Waals surface area (Å²) in [5, 5.41) is 6.44. The van der Waals surface area contributed by atoms with E-state index in [2.05, 4.69) is 48.3 Å². The summed E-state index contributed by atoms with van der Waals surface area (Å²) in [6.45, 7) is 4.94. The van der Waals surface area contributed by atoms with E-state index in [0.29, 0.717) is 18.0 Å². The minimum absolute atomic E-state index is 0.0262. The Morgan fingerprint density at radius 2 is 2.00 bits per heavy atom. The van der Waals surface area contributed by atoms with Crippen LogP contribution in [0.4, 0.5) is 0 Å². The number of rotatable bonds is 4. The fourth-order valence-corrected chi connectivity index (χ4v) is 1.94. The topological polar surface area (TPSA) is 49.0 Å². The highest BCUT2D eigenvalue weighted by Gasteiger charge is 2.12. The minimum Gasteiger partial charge on any atom is -0.337 e. The number of amides is 1. The van der Waals surface area contributed by atoms with Crippen molar-refractivity contribution in [3.05, 3.63) is 53.3 Å². The van der Waals surface area contributed by atoms with Crippen LogP contribution in [-0.2, 0) is 6.54 Å². The van der Waals surface area contributed by atoms with Gasteiger partial charge in [0.15, 0.2) is 0 Å². The van der Waals surface area contributed by atoms with Crippen molar-refractivity contribution in [2.75, 3.05) is 7.05 Å². The van der Waals surface area contributed by atoms with E-state index in [-0.39, 0.29) is 5.91 Å². The summed E-state index contributed by atoms with van der Waals surface area (Å²) in [5.74, 6) is 0.501. The molecule has 0 unspecified atom stereocenters. The van der Waals surface area contributed by atoms with Crippen molar-refractivity contribution in [2.24, 2.45) is 0 Å². The maximum atomic E-state index is 12.1. The number of carbonyl (C=O) groups excluding carboxylic acids is 1. The van der Waals surface area contributed by atoms with Gasteiger partial charge in [-0.3, -0.25) is 9.89 Å². The summed E-state index contributed by atoms with van der Waals surface area (Å²) in [6, 6.07) is 8.40. The van der Waals surface area contributed by atoms with Crippen molar-refractivity contribution < 1.29 is 4.79 Å². The number of aromatic nitrogens is 2. The quantitative estimate of drug-likeness (QED) is 0.915. The molecule has 0 saturated carbocycles. The van der Waals surface area contributed by atoms with Crippen LogP contribution in [-0.4, -0.2) is 28.1 Å². The second-order valence-electron chi connectivity index (χ2n) is 5.04. The molecule has 0 radical (unpaired) electrons. The van der Waals surface area contributed by atoms with E-state index in [1.54, 1.807) is 24.3 Å². The van der Waals surface area contributed by atoms with E-state index in [9.17, 15) is 4.79 Å². The molecule has 0 fully saturated rings. The van der Waals surface area contributed by atoms with E-state index < -0.39 is 0 Å². The molecule has 0 aliphatic rings. The summed E-state index contributed by atoms with van der Waals surface area (Å²) >= 11 is 0. The van der Waals surface area contributed by atoms with Gasteiger partial charge in [-0.25, -0.2) is 0 Å². The first kappa shape index (κ1) is 13.3. The van der Waals surface area contributed by atoms with Gasteiger partial charge in [-0.15, -0.1) is 0 Å². The minimum atomic E-state index is -0.0262. The Hall–Kier alpha value is -2.10. The number of carbonyl (C=O) groups is 1. The molecule has 1 amide bonds. The van der Waals surface area contributed by atoms with Crippen molar-refractivity contribution in [1.29, 1.82) is 0 Å². The summed E-state index contributed by atoms with van der Waals surface area (Å²) < 4.78 is 0. The number of aromatic amines is 1. The Bertz CT molecular complexity index is 529. The molecule has 1 heterocycles. The largest absolute Gasteiger partial charge is 0.337 e. The zero-order valence-electron chi connectivity index (χ0n) is 11.6. The van der Waals surface area contributed by atoms with E-state index in [0.717, 1.165) is 5.56 Å². The Labute approximate surface area is 113 Å². The Morgan fingerprint density at radius 3 is 2.53 bits per heavy atom. The van der Waals surface area contributed by atoms with Crippen molar-refractivity contribution >= 4 is 5.91 Å². The van der Waals surface area contributed by atoms with Crippen LogP contribution in [0.2, 0.25) is 0 Å². The first-order valence-corrected chi connectivity index (χ1v) is 6.41. The molecule has 1 N–H and O–H groups in total. The molecule has 1 aromatic carbocycles. The van der Waals surface area contributed by atoms with E-state index >= 15 is 0 Å². The third-order valence-electron chi connectivity index (χ3n) is 3.16. The predicted molar refractivity (Wildman–Crippen MR) is 74.9 cm³/mol. The molecule has 0 spiro atoms. The van der Waals surface area contributed by atoms with Gasteiger partial charge in [-0.2, -0.15) is 5.10 Å². The zero-order valence-corrected chi connectivity index (χ0v) is 11.6. The lowest BCUT2D eigenvalue weighted by molar-refractivity contribution is 0.0785. The van der Waals surface area contributed by atoms with Crippen molar-refractivity contribution in [1.82, 2.24) is 15.1 Å². The van der Waals surface area contributed by atoms with Gasteiger partial charge >= 0.3 is 0 Å². The number of hydrogen-bond donors (Lipinski definition) is 1. The molecule has 19 heavy (non-hydrogen) atoms. The number of H-pyrrole nitrogens is 1. The van der Waals surface area contributed by atoms with Gasteiger partial charge in [0, 0.05) is 19.8 Å². The first-order valence-electron chi connectivity index (χ1n) is 6.41. The van der Waals surface area contributed by atoms with Crippen molar-refractivity contribution in [3.8, 4) is 0 Å². The van der Waals surface area contributed by atoms with Crippen LogP contribution in [0.3, 0.4) is 0 Å². The van der Waals surface area contributed by atoms with Gasteiger partial charge < -0.3 is 4.90 Å². The second kappa shape index (κ2) is 5.69. The first-order chi connectivity index (χ1) is 9.08. The van der Waals surface area contributed by atoms with E-state index in [1.165, 1.54) is 5.56 Å².